The van der Waals surface area contributed by atoms with Crippen LogP contribution < -0.4 is 10.9 Å². The van der Waals surface area contributed by atoms with Crippen molar-refractivity contribution in [3.63, 3.8) is 0 Å². The molecule has 1 aliphatic rings. The zero-order valence-corrected chi connectivity index (χ0v) is 15.8. The fourth-order valence-electron chi connectivity index (χ4n) is 3.62. The van der Waals surface area contributed by atoms with E-state index in [1.165, 1.54) is 6.07 Å². The van der Waals surface area contributed by atoms with Crippen molar-refractivity contribution in [1.82, 2.24) is 9.80 Å². The molecule has 7 nitrogen and oxygen atoms in total. The van der Waals surface area contributed by atoms with Crippen molar-refractivity contribution < 1.29 is 13.6 Å². The molecule has 0 atom stereocenters. The van der Waals surface area contributed by atoms with E-state index < -0.39 is 5.63 Å². The van der Waals surface area contributed by atoms with E-state index in [9.17, 15) is 9.59 Å². The molecule has 3 heterocycles. The molecule has 0 unspecified atom stereocenters. The number of benzene rings is 1. The Morgan fingerprint density at radius 1 is 1.15 bits per heavy atom. The van der Waals surface area contributed by atoms with Gasteiger partial charge in [-0.25, -0.2) is 4.79 Å². The van der Waals surface area contributed by atoms with Crippen molar-refractivity contribution in [1.29, 1.82) is 0 Å². The number of amides is 1. The lowest BCUT2D eigenvalue weighted by molar-refractivity contribution is -0.117. The third-order valence-electron chi connectivity index (χ3n) is 5.17. The first-order valence-corrected chi connectivity index (χ1v) is 9.09. The summed E-state index contributed by atoms with van der Waals surface area (Å²) in [6.45, 7) is 7.63. The topological polar surface area (TPSA) is 78.9 Å². The number of anilines is 1. The predicted molar refractivity (Wildman–Crippen MR) is 104 cm³/mol. The van der Waals surface area contributed by atoms with Gasteiger partial charge in [0.25, 0.3) is 0 Å². The first kappa shape index (κ1) is 17.8. The standard InChI is InChI=1S/C20H23N3O4/c1-12-10-17(25)27-20-14(12)4-5-15-18(20)19(13(2)26-15)21-16(24)11-23-8-6-22(3)7-9-23/h4-5,10H,6-9,11H2,1-3H3,(H,21,24). The van der Waals surface area contributed by atoms with Crippen LogP contribution in [0.5, 0.6) is 0 Å². The van der Waals surface area contributed by atoms with Gasteiger partial charge in [-0.3, -0.25) is 9.69 Å². The second kappa shape index (κ2) is 6.83. The highest BCUT2D eigenvalue weighted by molar-refractivity contribution is 6.13. The molecular formula is C20H23N3O4. The van der Waals surface area contributed by atoms with Crippen molar-refractivity contribution >= 4 is 33.5 Å². The minimum atomic E-state index is -0.416. The van der Waals surface area contributed by atoms with E-state index in [1.807, 2.05) is 19.1 Å². The Morgan fingerprint density at radius 3 is 2.63 bits per heavy atom. The second-order valence-corrected chi connectivity index (χ2v) is 7.22. The highest BCUT2D eigenvalue weighted by Crippen LogP contribution is 2.36. The van der Waals surface area contributed by atoms with Gasteiger partial charge < -0.3 is 19.1 Å². The van der Waals surface area contributed by atoms with E-state index in [2.05, 4.69) is 22.2 Å². The molecule has 1 N–H and O–H groups in total. The minimum Gasteiger partial charge on any atom is -0.459 e. The molecule has 0 radical (unpaired) electrons. The zero-order valence-electron chi connectivity index (χ0n) is 15.8. The van der Waals surface area contributed by atoms with E-state index in [-0.39, 0.29) is 5.91 Å². The predicted octanol–water partition coefficient (Wildman–Crippen LogP) is 2.34. The second-order valence-electron chi connectivity index (χ2n) is 7.22. The van der Waals surface area contributed by atoms with Crippen LogP contribution in [0.2, 0.25) is 0 Å². The van der Waals surface area contributed by atoms with Crippen molar-refractivity contribution in [2.75, 3.05) is 45.1 Å². The summed E-state index contributed by atoms with van der Waals surface area (Å²) in [4.78, 5) is 28.9. The molecule has 0 spiro atoms. The number of rotatable bonds is 3. The van der Waals surface area contributed by atoms with Gasteiger partial charge in [-0.2, -0.15) is 0 Å². The summed E-state index contributed by atoms with van der Waals surface area (Å²) in [7, 11) is 2.08. The van der Waals surface area contributed by atoms with Gasteiger partial charge in [0.1, 0.15) is 11.3 Å². The molecule has 1 fully saturated rings. The van der Waals surface area contributed by atoms with Crippen LogP contribution in [-0.2, 0) is 4.79 Å². The SMILES string of the molecule is Cc1oc2ccc3c(C)cc(=O)oc3c2c1NC(=O)CN1CCN(C)CC1. The Kier molecular flexibility index (Phi) is 4.49. The average molecular weight is 369 g/mol. The fourth-order valence-corrected chi connectivity index (χ4v) is 3.62. The van der Waals surface area contributed by atoms with Crippen LogP contribution in [0.15, 0.2) is 31.8 Å². The third-order valence-corrected chi connectivity index (χ3v) is 5.17. The zero-order chi connectivity index (χ0) is 19.1. The van der Waals surface area contributed by atoms with Gasteiger partial charge in [0.2, 0.25) is 5.91 Å². The number of furan rings is 1. The molecule has 7 heteroatoms. The summed E-state index contributed by atoms with van der Waals surface area (Å²) in [6.07, 6.45) is 0. The number of nitrogens with zero attached hydrogens (tertiary/aromatic N) is 2. The number of carbonyl (C=O) groups excluding carboxylic acids is 1. The molecular weight excluding hydrogens is 346 g/mol. The number of carbonyl (C=O) groups is 1. The number of hydrogen-bond donors (Lipinski definition) is 1. The Balaban J connectivity index is 1.69. The van der Waals surface area contributed by atoms with Crippen LogP contribution in [0, 0.1) is 13.8 Å². The monoisotopic (exact) mass is 369 g/mol. The van der Waals surface area contributed by atoms with Crippen molar-refractivity contribution in [2.24, 2.45) is 0 Å². The Labute approximate surface area is 156 Å². The van der Waals surface area contributed by atoms with E-state index in [1.54, 1.807) is 6.92 Å². The largest absolute Gasteiger partial charge is 0.459 e. The van der Waals surface area contributed by atoms with Crippen LogP contribution in [0.4, 0.5) is 5.69 Å². The maximum atomic E-state index is 12.6. The van der Waals surface area contributed by atoms with Gasteiger partial charge in [0, 0.05) is 37.6 Å². The van der Waals surface area contributed by atoms with Crippen molar-refractivity contribution in [3.8, 4) is 0 Å². The van der Waals surface area contributed by atoms with Gasteiger partial charge in [0.15, 0.2) is 5.58 Å². The molecule has 1 amide bonds. The van der Waals surface area contributed by atoms with Crippen LogP contribution in [0.1, 0.15) is 11.3 Å². The van der Waals surface area contributed by atoms with Crippen LogP contribution >= 0.6 is 0 Å². The molecule has 1 aromatic carbocycles. The van der Waals surface area contributed by atoms with Crippen LogP contribution in [0.3, 0.4) is 0 Å². The highest BCUT2D eigenvalue weighted by Gasteiger charge is 2.21. The maximum absolute atomic E-state index is 12.6. The number of aryl methyl sites for hydroxylation is 2. The van der Waals surface area contributed by atoms with Gasteiger partial charge >= 0.3 is 5.63 Å². The molecule has 27 heavy (non-hydrogen) atoms. The Morgan fingerprint density at radius 2 is 1.89 bits per heavy atom. The summed E-state index contributed by atoms with van der Waals surface area (Å²) in [6, 6.07) is 5.18. The highest BCUT2D eigenvalue weighted by atomic mass is 16.4. The minimum absolute atomic E-state index is 0.0997. The number of hydrogen-bond acceptors (Lipinski definition) is 6. The molecule has 0 saturated carbocycles. The Hall–Kier alpha value is -2.64. The third kappa shape index (κ3) is 3.36. The van der Waals surface area contributed by atoms with Gasteiger partial charge in [-0.05, 0) is 38.6 Å². The molecule has 0 aliphatic carbocycles. The lowest BCUT2D eigenvalue weighted by Gasteiger charge is -2.31. The molecule has 1 aliphatic heterocycles. The maximum Gasteiger partial charge on any atom is 0.336 e. The van der Waals surface area contributed by atoms with E-state index >= 15 is 0 Å². The first-order chi connectivity index (χ1) is 12.9. The normalized spacial score (nSPS) is 16.3. The molecule has 4 rings (SSSR count). The van der Waals surface area contributed by atoms with E-state index in [4.69, 9.17) is 8.83 Å². The summed E-state index contributed by atoms with van der Waals surface area (Å²) >= 11 is 0. The average Bonchev–Trinajstić information content (AvgIpc) is 2.92. The fraction of sp³-hybridized carbons (Fsp3) is 0.400. The lowest BCUT2D eigenvalue weighted by Crippen LogP contribution is -2.47. The van der Waals surface area contributed by atoms with Gasteiger partial charge in [-0.15, -0.1) is 0 Å². The summed E-state index contributed by atoms with van der Waals surface area (Å²) in [5, 5.41) is 4.44. The Bertz CT molecular complexity index is 1070. The van der Waals surface area contributed by atoms with Crippen molar-refractivity contribution in [2.45, 2.75) is 13.8 Å². The lowest BCUT2D eigenvalue weighted by atomic mass is 10.1. The molecule has 142 valence electrons. The number of likely N-dealkylation sites (N-methyl/N-ethyl adjacent to an activating group) is 1. The molecule has 2 aromatic heterocycles. The molecule has 1 saturated heterocycles. The number of fused-ring (bicyclic) bond motifs is 3. The summed E-state index contributed by atoms with van der Waals surface area (Å²) < 4.78 is 11.3. The quantitative estimate of drug-likeness (QED) is 0.714. The molecule has 3 aromatic rings. The summed E-state index contributed by atoms with van der Waals surface area (Å²) in [5.74, 6) is 0.491. The van der Waals surface area contributed by atoms with Gasteiger partial charge in [-0.1, -0.05) is 0 Å². The van der Waals surface area contributed by atoms with Crippen LogP contribution in [-0.4, -0.2) is 55.5 Å². The van der Waals surface area contributed by atoms with Gasteiger partial charge in [0.05, 0.1) is 17.6 Å². The molecule has 0 bridgehead atoms. The number of piperazine rings is 1. The number of nitrogens with one attached hydrogen (secondary N) is 1. The summed E-state index contributed by atoms with van der Waals surface area (Å²) in [5.41, 5.74) is 2.02. The van der Waals surface area contributed by atoms with Crippen LogP contribution in [0.25, 0.3) is 21.9 Å². The smallest absolute Gasteiger partial charge is 0.336 e. The van der Waals surface area contributed by atoms with Crippen molar-refractivity contribution in [3.05, 3.63) is 39.9 Å². The van der Waals surface area contributed by atoms with E-state index in [0.717, 1.165) is 37.1 Å². The van der Waals surface area contributed by atoms with E-state index in [0.29, 0.717) is 34.5 Å². The first-order valence-electron chi connectivity index (χ1n) is 9.09.